The summed E-state index contributed by atoms with van der Waals surface area (Å²) < 4.78 is 0. The Bertz CT molecular complexity index is 738. The van der Waals surface area contributed by atoms with Crippen LogP contribution in [0.5, 0.6) is 0 Å². The molecule has 0 aromatic carbocycles. The van der Waals surface area contributed by atoms with Gasteiger partial charge in [0.15, 0.2) is 0 Å². The average Bonchev–Trinajstić information content (AvgIpc) is 2.76. The maximum Gasteiger partial charge on any atom is 0.0306 e. The Morgan fingerprint density at radius 2 is 0.561 bits per heavy atom. The van der Waals surface area contributed by atoms with Crippen LogP contribution in [0.15, 0.2) is 0 Å². The summed E-state index contributed by atoms with van der Waals surface area (Å²) in [7, 11) is -6.64. The van der Waals surface area contributed by atoms with Crippen molar-refractivity contribution in [3.8, 4) is 0 Å². The van der Waals surface area contributed by atoms with Crippen LogP contribution in [-0.2, 0) is 0 Å². The quantitative estimate of drug-likeness (QED) is 0.126. The average molecular weight is 686 g/mol. The largest absolute Gasteiger partial charge is 0.0721 e. The van der Waals surface area contributed by atoms with E-state index in [0.717, 1.165) is 35.5 Å². The molecular formula is C34H80Si7. The predicted octanol–water partition coefficient (Wildman–Crippen LogP) is 12.1. The van der Waals surface area contributed by atoms with Gasteiger partial charge in [-0.3, -0.25) is 0 Å². The van der Waals surface area contributed by atoms with E-state index in [-0.39, 0.29) is 0 Å². The first-order chi connectivity index (χ1) is 18.7. The van der Waals surface area contributed by atoms with E-state index in [1.165, 1.54) is 25.7 Å². The van der Waals surface area contributed by atoms with Crippen molar-refractivity contribution in [3.05, 3.63) is 0 Å². The lowest BCUT2D eigenvalue weighted by Gasteiger charge is -3.05. The molecule has 7 heteroatoms. The monoisotopic (exact) mass is 684 g/mol. The summed E-state index contributed by atoms with van der Waals surface area (Å²) in [4.78, 5) is 0. The smallest absolute Gasteiger partial charge is 0.0306 e. The summed E-state index contributed by atoms with van der Waals surface area (Å²) in [6.07, 6.45) is 3.18. The first kappa shape index (κ1) is 38.7. The third kappa shape index (κ3) is 5.21. The highest BCUT2D eigenvalue weighted by atomic mass is 30.8. The fourth-order valence-corrected chi connectivity index (χ4v) is 555. The van der Waals surface area contributed by atoms with Crippen LogP contribution in [-0.4, -0.2) is 48.8 Å². The second-order valence-electron chi connectivity index (χ2n) is 19.4. The molecule has 0 N–H and O–H groups in total. The van der Waals surface area contributed by atoms with Gasteiger partial charge in [-0.05, 0) is 35.5 Å². The summed E-state index contributed by atoms with van der Waals surface area (Å²) in [5.41, 5.74) is 0. The van der Waals surface area contributed by atoms with Crippen molar-refractivity contribution in [2.45, 2.75) is 184 Å². The molecule has 3 aliphatic heterocycles. The molecule has 3 aliphatic rings. The van der Waals surface area contributed by atoms with Crippen LogP contribution >= 0.6 is 0 Å². The van der Waals surface area contributed by atoms with E-state index in [2.05, 4.69) is 122 Å². The summed E-state index contributed by atoms with van der Waals surface area (Å²) in [5, 5.41) is 0. The van der Waals surface area contributed by atoms with Gasteiger partial charge in [0.05, 0.1) is 0 Å². The van der Waals surface area contributed by atoms with Crippen molar-refractivity contribution in [2.75, 3.05) is 0 Å². The molecule has 3 fully saturated rings. The Labute approximate surface area is 267 Å². The zero-order valence-electron chi connectivity index (χ0n) is 32.0. The summed E-state index contributed by atoms with van der Waals surface area (Å²) >= 11 is 0. The molecule has 0 aromatic rings. The number of hydrogen-bond donors (Lipinski definition) is 0. The molecule has 0 unspecified atom stereocenters. The highest BCUT2D eigenvalue weighted by Gasteiger charge is 3.10. The van der Waals surface area contributed by atoms with Crippen LogP contribution in [0, 0.1) is 35.5 Å². The minimum Gasteiger partial charge on any atom is -0.0721 e. The molecule has 244 valence electrons. The Kier molecular flexibility index (Phi) is 12.6. The van der Waals surface area contributed by atoms with Gasteiger partial charge in [-0.1, -0.05) is 184 Å². The fourth-order valence-electron chi connectivity index (χ4n) is 14.7. The van der Waals surface area contributed by atoms with Gasteiger partial charge in [-0.15, -0.1) is 0 Å². The normalized spacial score (nSPS) is 26.9. The van der Waals surface area contributed by atoms with E-state index in [4.69, 9.17) is 0 Å². The predicted molar refractivity (Wildman–Crippen MR) is 212 cm³/mol. The SMILES string of the molecule is CCC(CC)C[Si]1(CC(CC)CC)[Si]2([Si](C)(C)C)[Si](CC(C)C)(CC(C)C)[Si]1([Si](C)(C)C)[Si]2(CC(C)C)CC(C)C. The maximum absolute atomic E-state index is 3.08. The lowest BCUT2D eigenvalue weighted by molar-refractivity contribution is 0.516. The zero-order chi connectivity index (χ0) is 32.0. The molecule has 3 heterocycles. The number of rotatable bonds is 18. The Morgan fingerprint density at radius 1 is 0.366 bits per heavy atom. The summed E-state index contributed by atoms with van der Waals surface area (Å²) in [6.45, 7) is 50.5. The molecule has 0 nitrogen and oxygen atoms in total. The van der Waals surface area contributed by atoms with E-state index in [0.29, 0.717) is 0 Å². The molecule has 2 bridgehead atoms. The standard InChI is InChI=1S/C34H80Si7/c1-19-33(20-2)27-39(28-34(21-3)22-4)40(35(13,14)15)37(23-29(5)6,24-30(7)8)41(39,36(16,17)18)38(40,25-31(9)10)26-32(11)12/h29-34H,19-28H2,1-18H3. The highest BCUT2D eigenvalue weighted by molar-refractivity contribution is 8.60. The second kappa shape index (κ2) is 13.3. The first-order valence-electron chi connectivity index (χ1n) is 18.7. The molecule has 0 saturated carbocycles. The minimum absolute atomic E-state index is 0.949. The Morgan fingerprint density at radius 3 is 0.707 bits per heavy atom. The van der Waals surface area contributed by atoms with E-state index >= 15 is 0 Å². The molecule has 0 aliphatic carbocycles. The van der Waals surface area contributed by atoms with Crippen LogP contribution in [0.2, 0.25) is 75.5 Å². The van der Waals surface area contributed by atoms with Crippen molar-refractivity contribution in [2.24, 2.45) is 35.5 Å². The number of hydrogen-bond acceptors (Lipinski definition) is 0. The van der Waals surface area contributed by atoms with Gasteiger partial charge in [0.2, 0.25) is 0 Å². The van der Waals surface area contributed by atoms with Crippen molar-refractivity contribution >= 4 is 48.8 Å². The van der Waals surface area contributed by atoms with E-state index < -0.39 is 48.8 Å². The van der Waals surface area contributed by atoms with Crippen LogP contribution in [0.1, 0.15) is 109 Å². The fraction of sp³-hybridized carbons (Fsp3) is 1.00. The molecule has 0 aromatic heterocycles. The molecule has 0 atom stereocenters. The molecule has 3 saturated heterocycles. The minimum atomic E-state index is -1.37. The Balaban J connectivity index is 3.34. The van der Waals surface area contributed by atoms with Gasteiger partial charge in [-0.25, -0.2) is 0 Å². The van der Waals surface area contributed by atoms with Crippen molar-refractivity contribution < 1.29 is 0 Å². The lowest BCUT2D eigenvalue weighted by atomic mass is 10.1. The summed E-state index contributed by atoms with van der Waals surface area (Å²) in [6, 6.07) is 11.0. The van der Waals surface area contributed by atoms with Gasteiger partial charge in [0.25, 0.3) is 0 Å². The summed E-state index contributed by atoms with van der Waals surface area (Å²) in [5.74, 6) is 5.90. The van der Waals surface area contributed by atoms with Crippen LogP contribution < -0.4 is 0 Å². The van der Waals surface area contributed by atoms with Gasteiger partial charge >= 0.3 is 0 Å². The third-order valence-corrected chi connectivity index (χ3v) is 260. The van der Waals surface area contributed by atoms with Gasteiger partial charge in [0, 0.05) is 48.8 Å². The first-order valence-corrected chi connectivity index (χ1v) is 44.9. The van der Waals surface area contributed by atoms with Crippen molar-refractivity contribution in [1.29, 1.82) is 0 Å². The lowest BCUT2D eigenvalue weighted by Crippen LogP contribution is -3.37. The van der Waals surface area contributed by atoms with Crippen LogP contribution in [0.25, 0.3) is 0 Å². The molecule has 0 radical (unpaired) electrons. The highest BCUT2D eigenvalue weighted by Crippen LogP contribution is 2.82. The topological polar surface area (TPSA) is 0 Å². The van der Waals surface area contributed by atoms with Gasteiger partial charge in [-0.2, -0.15) is 0 Å². The third-order valence-electron chi connectivity index (χ3n) is 13.2. The van der Waals surface area contributed by atoms with Crippen molar-refractivity contribution in [3.63, 3.8) is 0 Å². The van der Waals surface area contributed by atoms with Crippen molar-refractivity contribution in [1.82, 2.24) is 0 Å². The zero-order valence-corrected chi connectivity index (χ0v) is 39.0. The van der Waals surface area contributed by atoms with Crippen LogP contribution in [0.3, 0.4) is 0 Å². The van der Waals surface area contributed by atoms with E-state index in [1.54, 1.807) is 0 Å². The maximum atomic E-state index is 3.08. The second-order valence-corrected chi connectivity index (χ2v) is 107. The Hall–Kier alpha value is 1.52. The molecular weight excluding hydrogens is 605 g/mol. The molecule has 0 amide bonds. The van der Waals surface area contributed by atoms with E-state index in [9.17, 15) is 0 Å². The van der Waals surface area contributed by atoms with E-state index in [1.807, 2.05) is 36.3 Å². The van der Waals surface area contributed by atoms with Gasteiger partial charge < -0.3 is 0 Å². The van der Waals surface area contributed by atoms with Gasteiger partial charge in [0.1, 0.15) is 0 Å². The molecule has 0 spiro atoms. The van der Waals surface area contributed by atoms with Crippen LogP contribution in [0.4, 0.5) is 0 Å². The molecule has 3 rings (SSSR count). The molecule has 41 heavy (non-hydrogen) atoms.